The minimum atomic E-state index is -1.12. The van der Waals surface area contributed by atoms with Crippen molar-refractivity contribution in [2.24, 2.45) is 0 Å². The maximum Gasteiger partial charge on any atom is 0.326 e. The smallest absolute Gasteiger partial charge is 0.326 e. The van der Waals surface area contributed by atoms with E-state index >= 15 is 0 Å². The van der Waals surface area contributed by atoms with E-state index in [1.807, 2.05) is 6.07 Å². The molecule has 0 unspecified atom stereocenters. The quantitative estimate of drug-likeness (QED) is 0.659. The molecule has 110 valence electrons. The van der Waals surface area contributed by atoms with Gasteiger partial charge in [0.15, 0.2) is 0 Å². The second-order valence-electron chi connectivity index (χ2n) is 4.28. The lowest BCUT2D eigenvalue weighted by Gasteiger charge is -2.14. The first-order valence-corrected chi connectivity index (χ1v) is 6.87. The van der Waals surface area contributed by atoms with Crippen LogP contribution in [0.15, 0.2) is 41.3 Å². The number of halogens is 1. The van der Waals surface area contributed by atoms with Gasteiger partial charge in [-0.2, -0.15) is 0 Å². The molecule has 2 rings (SSSR count). The van der Waals surface area contributed by atoms with Crippen LogP contribution in [0.2, 0.25) is 0 Å². The summed E-state index contributed by atoms with van der Waals surface area (Å²) >= 11 is 3.29. The number of carbonyl (C=O) groups is 2. The van der Waals surface area contributed by atoms with Crippen LogP contribution < -0.4 is 10.6 Å². The Kier molecular flexibility index (Phi) is 4.94. The van der Waals surface area contributed by atoms with Crippen LogP contribution in [0, 0.1) is 0 Å². The lowest BCUT2D eigenvalue weighted by Crippen LogP contribution is -2.44. The standard InChI is InChI=1S/C13H13BrN4O3/c14-8-2-1-3-9(4-8)17-13(21)18-11(12(19)20)5-10-6-15-7-16-10/h1-4,6-7,11H,5H2,(H,15,16)(H,19,20)(H2,17,18,21)/t11-/m1/s1. The van der Waals surface area contributed by atoms with Crippen LogP contribution in [0.25, 0.3) is 0 Å². The summed E-state index contributed by atoms with van der Waals surface area (Å²) in [5.74, 6) is -1.12. The van der Waals surface area contributed by atoms with Gasteiger partial charge in [-0.05, 0) is 18.2 Å². The van der Waals surface area contributed by atoms with Crippen molar-refractivity contribution >= 4 is 33.6 Å². The molecule has 0 bridgehead atoms. The molecule has 0 aliphatic carbocycles. The number of aliphatic carboxylic acids is 1. The Balaban J connectivity index is 1.96. The molecule has 0 aliphatic rings. The van der Waals surface area contributed by atoms with Crippen LogP contribution in [-0.2, 0) is 11.2 Å². The first kappa shape index (κ1) is 15.0. The molecule has 8 heteroatoms. The number of urea groups is 1. The first-order valence-electron chi connectivity index (χ1n) is 6.08. The van der Waals surface area contributed by atoms with Gasteiger partial charge in [0, 0.05) is 28.5 Å². The molecule has 2 aromatic rings. The fraction of sp³-hybridized carbons (Fsp3) is 0.154. The zero-order valence-corrected chi connectivity index (χ0v) is 12.4. The molecular weight excluding hydrogens is 340 g/mol. The highest BCUT2D eigenvalue weighted by Gasteiger charge is 2.21. The molecule has 7 nitrogen and oxygen atoms in total. The van der Waals surface area contributed by atoms with Gasteiger partial charge in [-0.3, -0.25) is 0 Å². The van der Waals surface area contributed by atoms with Crippen molar-refractivity contribution in [3.8, 4) is 0 Å². The number of amides is 2. The van der Waals surface area contributed by atoms with Crippen LogP contribution in [0.1, 0.15) is 5.69 Å². The minimum absolute atomic E-state index is 0.126. The van der Waals surface area contributed by atoms with Gasteiger partial charge in [-0.25, -0.2) is 14.6 Å². The summed E-state index contributed by atoms with van der Waals surface area (Å²) in [6, 6.07) is 5.37. The van der Waals surface area contributed by atoms with E-state index in [1.165, 1.54) is 12.5 Å². The van der Waals surface area contributed by atoms with Crippen molar-refractivity contribution in [2.75, 3.05) is 5.32 Å². The third kappa shape index (κ3) is 4.60. The highest BCUT2D eigenvalue weighted by Crippen LogP contribution is 2.15. The van der Waals surface area contributed by atoms with E-state index < -0.39 is 18.0 Å². The van der Waals surface area contributed by atoms with E-state index in [0.717, 1.165) is 4.47 Å². The minimum Gasteiger partial charge on any atom is -0.480 e. The second kappa shape index (κ2) is 6.89. The number of rotatable bonds is 5. The zero-order chi connectivity index (χ0) is 15.2. The number of carbonyl (C=O) groups excluding carboxylic acids is 1. The molecule has 1 heterocycles. The zero-order valence-electron chi connectivity index (χ0n) is 10.8. The topological polar surface area (TPSA) is 107 Å². The number of aromatic nitrogens is 2. The summed E-state index contributed by atoms with van der Waals surface area (Å²) in [4.78, 5) is 29.6. The summed E-state index contributed by atoms with van der Waals surface area (Å²) in [5.41, 5.74) is 1.19. The van der Waals surface area contributed by atoms with Gasteiger partial charge < -0.3 is 20.7 Å². The molecule has 1 aromatic carbocycles. The lowest BCUT2D eigenvalue weighted by molar-refractivity contribution is -0.139. The van der Waals surface area contributed by atoms with Crippen LogP contribution in [0.5, 0.6) is 0 Å². The molecule has 1 aromatic heterocycles. The molecule has 0 radical (unpaired) electrons. The number of benzene rings is 1. The third-order valence-electron chi connectivity index (χ3n) is 2.66. The van der Waals surface area contributed by atoms with Gasteiger partial charge in [0.2, 0.25) is 0 Å². The first-order chi connectivity index (χ1) is 10.0. The Labute approximate surface area is 128 Å². The maximum atomic E-state index is 11.8. The van der Waals surface area contributed by atoms with Crippen LogP contribution in [-0.4, -0.2) is 33.1 Å². The van der Waals surface area contributed by atoms with Gasteiger partial charge in [0.05, 0.1) is 6.33 Å². The maximum absolute atomic E-state index is 11.8. The van der Waals surface area contributed by atoms with Crippen molar-refractivity contribution in [1.82, 2.24) is 15.3 Å². The molecule has 21 heavy (non-hydrogen) atoms. The van der Waals surface area contributed by atoms with E-state index in [9.17, 15) is 9.59 Å². The second-order valence-corrected chi connectivity index (χ2v) is 5.20. The van der Waals surface area contributed by atoms with Crippen molar-refractivity contribution in [3.05, 3.63) is 47.0 Å². The Bertz CT molecular complexity index is 630. The van der Waals surface area contributed by atoms with Gasteiger partial charge in [-0.15, -0.1) is 0 Å². The summed E-state index contributed by atoms with van der Waals surface area (Å²) in [7, 11) is 0. The normalized spacial score (nSPS) is 11.7. The summed E-state index contributed by atoms with van der Waals surface area (Å²) in [6.07, 6.45) is 3.10. The summed E-state index contributed by atoms with van der Waals surface area (Å²) in [5, 5.41) is 14.1. The highest BCUT2D eigenvalue weighted by atomic mass is 79.9. The van der Waals surface area contributed by atoms with E-state index in [-0.39, 0.29) is 6.42 Å². The predicted octanol–water partition coefficient (Wildman–Crippen LogP) is 1.99. The Morgan fingerprint density at radius 1 is 1.43 bits per heavy atom. The fourth-order valence-electron chi connectivity index (χ4n) is 1.71. The van der Waals surface area contributed by atoms with Crippen molar-refractivity contribution in [1.29, 1.82) is 0 Å². The van der Waals surface area contributed by atoms with Crippen molar-refractivity contribution in [3.63, 3.8) is 0 Å². The van der Waals surface area contributed by atoms with Gasteiger partial charge in [0.1, 0.15) is 6.04 Å². The molecular formula is C13H13BrN4O3. The average Bonchev–Trinajstić information content (AvgIpc) is 2.90. The van der Waals surface area contributed by atoms with Gasteiger partial charge >= 0.3 is 12.0 Å². The van der Waals surface area contributed by atoms with Crippen molar-refractivity contribution < 1.29 is 14.7 Å². The summed E-state index contributed by atoms with van der Waals surface area (Å²) < 4.78 is 0.813. The number of H-pyrrole nitrogens is 1. The number of nitrogens with one attached hydrogen (secondary N) is 3. The van der Waals surface area contributed by atoms with Crippen molar-refractivity contribution in [2.45, 2.75) is 12.5 Å². The molecule has 2 amide bonds. The molecule has 0 saturated heterocycles. The largest absolute Gasteiger partial charge is 0.480 e. The molecule has 4 N–H and O–H groups in total. The molecule has 0 aliphatic heterocycles. The van der Waals surface area contributed by atoms with Crippen LogP contribution in [0.3, 0.4) is 0 Å². The molecule has 1 atom stereocenters. The Morgan fingerprint density at radius 2 is 2.24 bits per heavy atom. The fourth-order valence-corrected chi connectivity index (χ4v) is 2.11. The predicted molar refractivity (Wildman–Crippen MR) is 80.0 cm³/mol. The van der Waals surface area contributed by atoms with Gasteiger partial charge in [0.25, 0.3) is 0 Å². The summed E-state index contributed by atoms with van der Waals surface area (Å²) in [6.45, 7) is 0. The average molecular weight is 353 g/mol. The highest BCUT2D eigenvalue weighted by molar-refractivity contribution is 9.10. The number of anilines is 1. The number of imidazole rings is 1. The number of hydrogen-bond acceptors (Lipinski definition) is 3. The lowest BCUT2D eigenvalue weighted by atomic mass is 10.2. The van der Waals surface area contributed by atoms with Crippen LogP contribution in [0.4, 0.5) is 10.5 Å². The van der Waals surface area contributed by atoms with E-state index in [4.69, 9.17) is 5.11 Å². The SMILES string of the molecule is O=C(Nc1cccc(Br)c1)N[C@H](Cc1cnc[nH]1)C(=O)O. The van der Waals surface area contributed by atoms with E-state index in [0.29, 0.717) is 11.4 Å². The van der Waals surface area contributed by atoms with Gasteiger partial charge in [-0.1, -0.05) is 22.0 Å². The van der Waals surface area contributed by atoms with E-state index in [2.05, 4.69) is 36.5 Å². The monoisotopic (exact) mass is 352 g/mol. The Hall–Kier alpha value is -2.35. The number of hydrogen-bond donors (Lipinski definition) is 4. The molecule has 0 fully saturated rings. The molecule has 0 saturated carbocycles. The number of carboxylic acids is 1. The van der Waals surface area contributed by atoms with Crippen LogP contribution >= 0.6 is 15.9 Å². The number of carboxylic acid groups (broad SMARTS) is 1. The molecule has 0 spiro atoms. The Morgan fingerprint density at radius 3 is 2.86 bits per heavy atom. The third-order valence-corrected chi connectivity index (χ3v) is 3.16. The number of aromatic amines is 1. The van der Waals surface area contributed by atoms with E-state index in [1.54, 1.807) is 18.2 Å². The number of nitrogens with zero attached hydrogens (tertiary/aromatic N) is 1.